The van der Waals surface area contributed by atoms with Gasteiger partial charge in [-0.1, -0.05) is 0 Å². The van der Waals surface area contributed by atoms with Gasteiger partial charge in [-0.25, -0.2) is 9.18 Å². The molecule has 0 bridgehead atoms. The van der Waals surface area contributed by atoms with E-state index in [-0.39, 0.29) is 33.7 Å². The Morgan fingerprint density at radius 1 is 1.37 bits per heavy atom. The number of piperazine rings is 1. The van der Waals surface area contributed by atoms with Gasteiger partial charge in [0.15, 0.2) is 5.82 Å². The highest BCUT2D eigenvalue weighted by molar-refractivity contribution is 9.10. The van der Waals surface area contributed by atoms with Gasteiger partial charge in [-0.05, 0) is 49.7 Å². The maximum absolute atomic E-state index is 14.9. The van der Waals surface area contributed by atoms with Gasteiger partial charge in [0.2, 0.25) is 0 Å². The molecule has 160 valence electrons. The first-order chi connectivity index (χ1) is 14.1. The van der Waals surface area contributed by atoms with E-state index in [1.54, 1.807) is 11.0 Å². The van der Waals surface area contributed by atoms with Crippen molar-refractivity contribution in [3.63, 3.8) is 0 Å². The van der Waals surface area contributed by atoms with Crippen LogP contribution in [0.3, 0.4) is 0 Å². The number of anilines is 1. The van der Waals surface area contributed by atoms with Gasteiger partial charge in [-0.3, -0.25) is 0 Å². The standard InChI is InChI=1S/C20H23BrFN5O3/c1-11-10-26(6-7-27(11)19(28)30-20(2,3)4)17-13-8-12(9-23)14(21)15(22)16(13)24-18(25-17)29-5/h8,11H,6-7,10H2,1-5H3. The normalized spacial score (nSPS) is 17.1. The number of rotatable bonds is 2. The molecule has 1 aromatic heterocycles. The fraction of sp³-hybridized carbons (Fsp3) is 0.500. The third-order valence-corrected chi connectivity index (χ3v) is 5.46. The lowest BCUT2D eigenvalue weighted by Gasteiger charge is -2.41. The summed E-state index contributed by atoms with van der Waals surface area (Å²) >= 11 is 3.12. The molecule has 0 aliphatic carbocycles. The molecule has 10 heteroatoms. The molecule has 1 saturated heterocycles. The predicted molar refractivity (Wildman–Crippen MR) is 113 cm³/mol. The number of benzene rings is 1. The Hall–Kier alpha value is -2.67. The van der Waals surface area contributed by atoms with Gasteiger partial charge >= 0.3 is 12.1 Å². The van der Waals surface area contributed by atoms with Crippen molar-refractivity contribution in [2.24, 2.45) is 0 Å². The number of carbonyl (C=O) groups is 1. The van der Waals surface area contributed by atoms with Crippen LogP contribution in [0.1, 0.15) is 33.3 Å². The Morgan fingerprint density at radius 2 is 2.07 bits per heavy atom. The Morgan fingerprint density at radius 3 is 2.63 bits per heavy atom. The van der Waals surface area contributed by atoms with Crippen LogP contribution in [-0.4, -0.2) is 59.3 Å². The van der Waals surface area contributed by atoms with E-state index in [0.29, 0.717) is 30.8 Å². The fourth-order valence-electron chi connectivity index (χ4n) is 3.32. The molecule has 1 fully saturated rings. The molecule has 1 unspecified atom stereocenters. The molecule has 0 spiro atoms. The van der Waals surface area contributed by atoms with E-state index in [2.05, 4.69) is 25.9 Å². The lowest BCUT2D eigenvalue weighted by Crippen LogP contribution is -2.55. The second-order valence-corrected chi connectivity index (χ2v) is 8.86. The highest BCUT2D eigenvalue weighted by atomic mass is 79.9. The van der Waals surface area contributed by atoms with Gasteiger partial charge in [0.05, 0.1) is 17.1 Å². The summed E-state index contributed by atoms with van der Waals surface area (Å²) in [4.78, 5) is 24.6. The molecule has 2 heterocycles. The summed E-state index contributed by atoms with van der Waals surface area (Å²) in [6.45, 7) is 8.70. The van der Waals surface area contributed by atoms with Crippen LogP contribution in [0.5, 0.6) is 6.01 Å². The second kappa shape index (κ2) is 8.22. The number of amides is 1. The number of nitrogens with zero attached hydrogens (tertiary/aromatic N) is 5. The number of carbonyl (C=O) groups excluding carboxylic acids is 1. The predicted octanol–water partition coefficient (Wildman–Crippen LogP) is 3.86. The first kappa shape index (κ1) is 22.0. The molecule has 1 aliphatic rings. The lowest BCUT2D eigenvalue weighted by molar-refractivity contribution is 0.0158. The first-order valence-electron chi connectivity index (χ1n) is 9.44. The van der Waals surface area contributed by atoms with Gasteiger partial charge in [0.25, 0.3) is 0 Å². The molecular formula is C20H23BrFN5O3. The van der Waals surface area contributed by atoms with Crippen LogP contribution >= 0.6 is 15.9 Å². The number of methoxy groups -OCH3 is 1. The number of ether oxygens (including phenoxy) is 2. The summed E-state index contributed by atoms with van der Waals surface area (Å²) in [7, 11) is 1.41. The van der Waals surface area contributed by atoms with Gasteiger partial charge in [-0.15, -0.1) is 0 Å². The largest absolute Gasteiger partial charge is 0.467 e. The number of fused-ring (bicyclic) bond motifs is 1. The molecule has 1 amide bonds. The molecule has 8 nitrogen and oxygen atoms in total. The molecule has 0 saturated carbocycles. The number of hydrogen-bond acceptors (Lipinski definition) is 7. The fourth-order valence-corrected chi connectivity index (χ4v) is 3.71. The van der Waals surface area contributed by atoms with E-state index >= 15 is 0 Å². The second-order valence-electron chi connectivity index (χ2n) is 8.06. The SMILES string of the molecule is COc1nc(N2CCN(C(=O)OC(C)(C)C)C(C)C2)c2cc(C#N)c(Br)c(F)c2n1. The quantitative estimate of drug-likeness (QED) is 0.645. The Labute approximate surface area is 182 Å². The smallest absolute Gasteiger partial charge is 0.410 e. The average Bonchev–Trinajstić information content (AvgIpc) is 2.68. The van der Waals surface area contributed by atoms with Crippen molar-refractivity contribution in [1.29, 1.82) is 5.26 Å². The van der Waals surface area contributed by atoms with Crippen LogP contribution in [0.25, 0.3) is 10.9 Å². The summed E-state index contributed by atoms with van der Waals surface area (Å²) in [6.07, 6.45) is -0.374. The molecule has 1 atom stereocenters. The lowest BCUT2D eigenvalue weighted by atomic mass is 10.1. The van der Waals surface area contributed by atoms with Crippen LogP contribution in [0, 0.1) is 17.1 Å². The Bertz CT molecular complexity index is 1030. The minimum absolute atomic E-state index is 0.0234. The van der Waals surface area contributed by atoms with Crippen molar-refractivity contribution in [1.82, 2.24) is 14.9 Å². The van der Waals surface area contributed by atoms with Crippen LogP contribution in [0.15, 0.2) is 10.5 Å². The van der Waals surface area contributed by atoms with Crippen molar-refractivity contribution in [2.75, 3.05) is 31.6 Å². The third kappa shape index (κ3) is 4.26. The van der Waals surface area contributed by atoms with Gasteiger partial charge in [0.1, 0.15) is 23.0 Å². The minimum Gasteiger partial charge on any atom is -0.467 e. The third-order valence-electron chi connectivity index (χ3n) is 4.69. The van der Waals surface area contributed by atoms with Crippen molar-refractivity contribution in [3.05, 3.63) is 21.9 Å². The monoisotopic (exact) mass is 479 g/mol. The number of halogens is 2. The number of aromatic nitrogens is 2. The van der Waals surface area contributed by atoms with Crippen molar-refractivity contribution >= 4 is 38.7 Å². The summed E-state index contributed by atoms with van der Waals surface area (Å²) in [6, 6.07) is 3.39. The molecule has 1 aliphatic heterocycles. The van der Waals surface area contributed by atoms with E-state index in [9.17, 15) is 14.4 Å². The van der Waals surface area contributed by atoms with Crippen LogP contribution < -0.4 is 9.64 Å². The Kier molecular flexibility index (Phi) is 6.04. The van der Waals surface area contributed by atoms with Crippen molar-refractivity contribution in [2.45, 2.75) is 39.3 Å². The molecule has 30 heavy (non-hydrogen) atoms. The topological polar surface area (TPSA) is 91.6 Å². The first-order valence-corrected chi connectivity index (χ1v) is 10.2. The molecule has 0 radical (unpaired) electrons. The Balaban J connectivity index is 1.98. The molecule has 1 aromatic carbocycles. The zero-order valence-electron chi connectivity index (χ0n) is 17.5. The summed E-state index contributed by atoms with van der Waals surface area (Å²) in [5.41, 5.74) is -0.372. The summed E-state index contributed by atoms with van der Waals surface area (Å²) < 4.78 is 25.6. The van der Waals surface area contributed by atoms with E-state index in [1.165, 1.54) is 7.11 Å². The highest BCUT2D eigenvalue weighted by Crippen LogP contribution is 2.34. The molecule has 3 rings (SSSR count). The highest BCUT2D eigenvalue weighted by Gasteiger charge is 2.32. The van der Waals surface area contributed by atoms with Crippen molar-refractivity contribution in [3.8, 4) is 12.1 Å². The number of nitriles is 1. The molecule has 0 N–H and O–H groups in total. The average molecular weight is 480 g/mol. The summed E-state index contributed by atoms with van der Waals surface area (Å²) in [5.74, 6) is -0.193. The van der Waals surface area contributed by atoms with Gasteiger partial charge < -0.3 is 19.3 Å². The van der Waals surface area contributed by atoms with Crippen molar-refractivity contribution < 1.29 is 18.7 Å². The van der Waals surface area contributed by atoms with Crippen LogP contribution in [0.4, 0.5) is 15.0 Å². The van der Waals surface area contributed by atoms with E-state index < -0.39 is 11.4 Å². The minimum atomic E-state index is -0.647. The molecular weight excluding hydrogens is 457 g/mol. The van der Waals surface area contributed by atoms with Gasteiger partial charge in [-0.2, -0.15) is 15.2 Å². The molecule has 2 aromatic rings. The van der Waals surface area contributed by atoms with Crippen LogP contribution in [0.2, 0.25) is 0 Å². The van der Waals surface area contributed by atoms with E-state index in [0.717, 1.165) is 0 Å². The van der Waals surface area contributed by atoms with E-state index in [4.69, 9.17) is 9.47 Å². The maximum Gasteiger partial charge on any atom is 0.410 e. The van der Waals surface area contributed by atoms with Gasteiger partial charge in [0, 0.05) is 31.1 Å². The zero-order valence-corrected chi connectivity index (χ0v) is 19.1. The van der Waals surface area contributed by atoms with E-state index in [1.807, 2.05) is 38.7 Å². The van der Waals surface area contributed by atoms with Crippen LogP contribution in [-0.2, 0) is 4.74 Å². The summed E-state index contributed by atoms with van der Waals surface area (Å²) in [5, 5.41) is 9.76. The maximum atomic E-state index is 14.9. The zero-order chi connectivity index (χ0) is 22.2. The number of hydrogen-bond donors (Lipinski definition) is 0.